The summed E-state index contributed by atoms with van der Waals surface area (Å²) in [5, 5.41) is 3.02. The van der Waals surface area contributed by atoms with Gasteiger partial charge in [0.25, 0.3) is 0 Å². The van der Waals surface area contributed by atoms with Gasteiger partial charge in [0.15, 0.2) is 0 Å². The summed E-state index contributed by atoms with van der Waals surface area (Å²) >= 11 is 0. The normalized spacial score (nSPS) is 26.7. The minimum Gasteiger partial charge on any atom is -0.368 e. The first kappa shape index (κ1) is 14.8. The summed E-state index contributed by atoms with van der Waals surface area (Å²) in [6.07, 6.45) is 0.00643. The molecule has 1 amide bonds. The topological polar surface area (TPSA) is 32.3 Å². The lowest BCUT2D eigenvalue weighted by molar-refractivity contribution is -0.137. The third-order valence-corrected chi connectivity index (χ3v) is 5.18. The predicted octanol–water partition coefficient (Wildman–Crippen LogP) is 3.13. The van der Waals surface area contributed by atoms with Crippen LogP contribution in [0.15, 0.2) is 18.2 Å². The number of carbonyl (C=O) groups is 1. The molecule has 2 aliphatic heterocycles. The van der Waals surface area contributed by atoms with Gasteiger partial charge < -0.3 is 10.2 Å². The molecule has 1 aromatic rings. The van der Waals surface area contributed by atoms with Crippen molar-refractivity contribution >= 4 is 11.6 Å². The van der Waals surface area contributed by atoms with E-state index < -0.39 is 11.7 Å². The Morgan fingerprint density at radius 1 is 1.22 bits per heavy atom. The van der Waals surface area contributed by atoms with Crippen molar-refractivity contribution in [2.75, 3.05) is 11.4 Å². The van der Waals surface area contributed by atoms with Gasteiger partial charge in [0.05, 0.1) is 11.5 Å². The van der Waals surface area contributed by atoms with Crippen LogP contribution in [0.1, 0.15) is 36.8 Å². The molecule has 1 saturated carbocycles. The summed E-state index contributed by atoms with van der Waals surface area (Å²) in [5.74, 6) is -0.235. The van der Waals surface area contributed by atoms with Gasteiger partial charge >= 0.3 is 6.18 Å². The van der Waals surface area contributed by atoms with Crippen LogP contribution in [0.25, 0.3) is 0 Å². The Balaban J connectivity index is 1.67. The monoisotopic (exact) mass is 324 g/mol. The number of anilines is 1. The van der Waals surface area contributed by atoms with E-state index in [-0.39, 0.29) is 23.9 Å². The van der Waals surface area contributed by atoms with E-state index in [1.165, 1.54) is 6.07 Å². The summed E-state index contributed by atoms with van der Waals surface area (Å²) in [4.78, 5) is 14.7. The van der Waals surface area contributed by atoms with Gasteiger partial charge in [-0.05, 0) is 55.9 Å². The lowest BCUT2D eigenvalue weighted by Gasteiger charge is -2.39. The number of benzene rings is 1. The summed E-state index contributed by atoms with van der Waals surface area (Å²) in [6, 6.07) is 4.35. The summed E-state index contributed by atoms with van der Waals surface area (Å²) in [6.45, 7) is 0.816. The molecule has 2 unspecified atom stereocenters. The molecule has 1 aliphatic carbocycles. The highest BCUT2D eigenvalue weighted by molar-refractivity contribution is 5.82. The Morgan fingerprint density at radius 3 is 2.70 bits per heavy atom. The zero-order valence-electron chi connectivity index (χ0n) is 12.7. The van der Waals surface area contributed by atoms with E-state index in [0.717, 1.165) is 44.0 Å². The number of carbonyl (C=O) groups excluding carboxylic acids is 1. The van der Waals surface area contributed by atoms with Crippen molar-refractivity contribution in [1.82, 2.24) is 5.32 Å². The number of hydrogen-bond donors (Lipinski definition) is 1. The average molecular weight is 324 g/mol. The van der Waals surface area contributed by atoms with Crippen LogP contribution in [-0.4, -0.2) is 24.5 Å². The van der Waals surface area contributed by atoms with E-state index in [2.05, 4.69) is 10.2 Å². The van der Waals surface area contributed by atoms with Crippen molar-refractivity contribution in [2.24, 2.45) is 5.92 Å². The summed E-state index contributed by atoms with van der Waals surface area (Å²) in [7, 11) is 0. The maximum Gasteiger partial charge on any atom is 0.416 e. The standard InChI is InChI=1S/C17H19F3N2O/c18-17(19,20)11-3-6-14-10(8-11)9-13(15-2-1-7-22(14)15)16(23)21-12-4-5-12/h3,6,8,12-13,15H,1-2,4-5,7,9H2,(H,21,23). The molecule has 2 atom stereocenters. The Bertz CT molecular complexity index is 639. The molecule has 0 radical (unpaired) electrons. The molecular weight excluding hydrogens is 305 g/mol. The SMILES string of the molecule is O=C(NC1CC1)C1Cc2cc(C(F)(F)F)ccc2N2CCCC12. The molecule has 0 aromatic heterocycles. The first-order valence-corrected chi connectivity index (χ1v) is 8.20. The van der Waals surface area contributed by atoms with Gasteiger partial charge in [-0.3, -0.25) is 4.79 Å². The van der Waals surface area contributed by atoms with Crippen molar-refractivity contribution in [3.05, 3.63) is 29.3 Å². The zero-order chi connectivity index (χ0) is 16.2. The van der Waals surface area contributed by atoms with Crippen molar-refractivity contribution in [3.63, 3.8) is 0 Å². The van der Waals surface area contributed by atoms with Crippen LogP contribution in [0.3, 0.4) is 0 Å². The second-order valence-corrected chi connectivity index (χ2v) is 6.84. The number of amides is 1. The van der Waals surface area contributed by atoms with Crippen LogP contribution in [0, 0.1) is 5.92 Å². The number of nitrogens with zero attached hydrogens (tertiary/aromatic N) is 1. The maximum atomic E-state index is 13.0. The molecule has 2 fully saturated rings. The van der Waals surface area contributed by atoms with Gasteiger partial charge in [0.1, 0.15) is 0 Å². The van der Waals surface area contributed by atoms with E-state index >= 15 is 0 Å². The Labute approximate surface area is 132 Å². The lowest BCUT2D eigenvalue weighted by atomic mass is 9.84. The highest BCUT2D eigenvalue weighted by atomic mass is 19.4. The highest BCUT2D eigenvalue weighted by Gasteiger charge is 2.43. The van der Waals surface area contributed by atoms with Crippen molar-refractivity contribution in [1.29, 1.82) is 0 Å². The number of fused-ring (bicyclic) bond motifs is 3. The maximum absolute atomic E-state index is 13.0. The third-order valence-electron chi connectivity index (χ3n) is 5.18. The number of rotatable bonds is 2. The Kier molecular flexibility index (Phi) is 3.32. The van der Waals surface area contributed by atoms with E-state index in [9.17, 15) is 18.0 Å². The number of nitrogens with one attached hydrogen (secondary N) is 1. The minimum atomic E-state index is -4.34. The molecular formula is C17H19F3N2O. The first-order chi connectivity index (χ1) is 10.9. The van der Waals surface area contributed by atoms with Crippen LogP contribution in [0.4, 0.5) is 18.9 Å². The summed E-state index contributed by atoms with van der Waals surface area (Å²) < 4.78 is 38.9. The van der Waals surface area contributed by atoms with Crippen LogP contribution in [0.2, 0.25) is 0 Å². The van der Waals surface area contributed by atoms with Gasteiger partial charge in [-0.15, -0.1) is 0 Å². The predicted molar refractivity (Wildman–Crippen MR) is 80.2 cm³/mol. The fourth-order valence-corrected chi connectivity index (χ4v) is 3.89. The van der Waals surface area contributed by atoms with Gasteiger partial charge in [0.2, 0.25) is 5.91 Å². The molecule has 6 heteroatoms. The lowest BCUT2D eigenvalue weighted by Crippen LogP contribution is -2.48. The molecule has 3 aliphatic rings. The van der Waals surface area contributed by atoms with Crippen LogP contribution < -0.4 is 10.2 Å². The van der Waals surface area contributed by atoms with E-state index in [1.807, 2.05) is 0 Å². The molecule has 2 heterocycles. The fraction of sp³-hybridized carbons (Fsp3) is 0.588. The summed E-state index contributed by atoms with van der Waals surface area (Å²) in [5.41, 5.74) is 0.889. The molecule has 1 N–H and O–H groups in total. The van der Waals surface area contributed by atoms with Crippen LogP contribution >= 0.6 is 0 Å². The van der Waals surface area contributed by atoms with Gasteiger partial charge in [-0.25, -0.2) is 0 Å². The number of halogens is 3. The molecule has 4 rings (SSSR count). The molecule has 1 saturated heterocycles. The second kappa shape index (κ2) is 5.14. The molecule has 1 aromatic carbocycles. The number of alkyl halides is 3. The molecule has 23 heavy (non-hydrogen) atoms. The fourth-order valence-electron chi connectivity index (χ4n) is 3.89. The quantitative estimate of drug-likeness (QED) is 0.906. The van der Waals surface area contributed by atoms with Gasteiger partial charge in [0, 0.05) is 24.3 Å². The first-order valence-electron chi connectivity index (χ1n) is 8.20. The van der Waals surface area contributed by atoms with Crippen molar-refractivity contribution < 1.29 is 18.0 Å². The molecule has 0 bridgehead atoms. The Hall–Kier alpha value is -1.72. The van der Waals surface area contributed by atoms with Gasteiger partial charge in [-0.2, -0.15) is 13.2 Å². The zero-order valence-corrected chi connectivity index (χ0v) is 12.7. The van der Waals surface area contributed by atoms with E-state index in [1.54, 1.807) is 6.07 Å². The minimum absolute atomic E-state index is 0.00691. The van der Waals surface area contributed by atoms with Crippen LogP contribution in [-0.2, 0) is 17.4 Å². The molecule has 3 nitrogen and oxygen atoms in total. The van der Waals surface area contributed by atoms with Crippen molar-refractivity contribution in [2.45, 2.75) is 50.4 Å². The third kappa shape index (κ3) is 2.68. The molecule has 0 spiro atoms. The Morgan fingerprint density at radius 2 is 2.00 bits per heavy atom. The van der Waals surface area contributed by atoms with Gasteiger partial charge in [-0.1, -0.05) is 0 Å². The smallest absolute Gasteiger partial charge is 0.368 e. The van der Waals surface area contributed by atoms with E-state index in [4.69, 9.17) is 0 Å². The number of hydrogen-bond acceptors (Lipinski definition) is 2. The molecule has 124 valence electrons. The average Bonchev–Trinajstić information content (AvgIpc) is 3.17. The largest absolute Gasteiger partial charge is 0.416 e. The highest BCUT2D eigenvalue weighted by Crippen LogP contribution is 2.42. The van der Waals surface area contributed by atoms with Crippen molar-refractivity contribution in [3.8, 4) is 0 Å². The van der Waals surface area contributed by atoms with E-state index in [0.29, 0.717) is 12.0 Å². The second-order valence-electron chi connectivity index (χ2n) is 6.84. The van der Waals surface area contributed by atoms with Crippen LogP contribution in [0.5, 0.6) is 0 Å².